The standard InChI is InChI=1S/C7H9F3N2O/c1-5-2-6(12-13-5)3-11-4-7(8,9)10/h2,11H,3-4H2,1H3. The van der Waals surface area contributed by atoms with E-state index in [1.807, 2.05) is 0 Å². The van der Waals surface area contributed by atoms with E-state index in [1.54, 1.807) is 13.0 Å². The lowest BCUT2D eigenvalue weighted by Crippen LogP contribution is -2.28. The van der Waals surface area contributed by atoms with Gasteiger partial charge in [0.05, 0.1) is 12.2 Å². The predicted molar refractivity (Wildman–Crippen MR) is 39.0 cm³/mol. The van der Waals surface area contributed by atoms with Gasteiger partial charge in [0.25, 0.3) is 0 Å². The van der Waals surface area contributed by atoms with Crippen LogP contribution in [0.25, 0.3) is 0 Å². The molecule has 0 saturated heterocycles. The number of halogens is 3. The second-order valence-electron chi connectivity index (χ2n) is 2.65. The fourth-order valence-corrected chi connectivity index (χ4v) is 0.834. The van der Waals surface area contributed by atoms with E-state index in [-0.39, 0.29) is 6.54 Å². The molecule has 1 aromatic rings. The molecule has 0 atom stereocenters. The van der Waals surface area contributed by atoms with Gasteiger partial charge in [0.15, 0.2) is 0 Å². The Morgan fingerprint density at radius 1 is 1.54 bits per heavy atom. The van der Waals surface area contributed by atoms with Gasteiger partial charge >= 0.3 is 6.18 Å². The molecule has 0 spiro atoms. The van der Waals surface area contributed by atoms with Gasteiger partial charge < -0.3 is 9.84 Å². The third-order valence-electron chi connectivity index (χ3n) is 1.31. The molecule has 0 bridgehead atoms. The first kappa shape index (κ1) is 10.0. The molecule has 0 unspecified atom stereocenters. The Bertz CT molecular complexity index is 269. The van der Waals surface area contributed by atoms with E-state index in [9.17, 15) is 13.2 Å². The van der Waals surface area contributed by atoms with Crippen LogP contribution in [0, 0.1) is 6.92 Å². The number of nitrogens with zero attached hydrogens (tertiary/aromatic N) is 1. The van der Waals surface area contributed by atoms with Crippen molar-refractivity contribution in [3.05, 3.63) is 17.5 Å². The Morgan fingerprint density at radius 3 is 2.69 bits per heavy atom. The van der Waals surface area contributed by atoms with Crippen LogP contribution in [0.15, 0.2) is 10.6 Å². The quantitative estimate of drug-likeness (QED) is 0.794. The molecule has 0 fully saturated rings. The van der Waals surface area contributed by atoms with Gasteiger partial charge in [-0.3, -0.25) is 0 Å². The fourth-order valence-electron chi connectivity index (χ4n) is 0.834. The maximum absolute atomic E-state index is 11.7. The van der Waals surface area contributed by atoms with E-state index >= 15 is 0 Å². The molecule has 3 nitrogen and oxygen atoms in total. The van der Waals surface area contributed by atoms with Crippen LogP contribution in [0.2, 0.25) is 0 Å². The first-order valence-corrected chi connectivity index (χ1v) is 3.67. The average Bonchev–Trinajstić information content (AvgIpc) is 2.33. The van der Waals surface area contributed by atoms with Gasteiger partial charge in [-0.15, -0.1) is 0 Å². The highest BCUT2D eigenvalue weighted by Crippen LogP contribution is 2.12. The minimum Gasteiger partial charge on any atom is -0.361 e. The molecular weight excluding hydrogens is 185 g/mol. The minimum atomic E-state index is -4.18. The SMILES string of the molecule is Cc1cc(CNCC(F)(F)F)no1. The van der Waals surface area contributed by atoms with Gasteiger partial charge in [-0.05, 0) is 6.92 Å². The molecule has 13 heavy (non-hydrogen) atoms. The summed E-state index contributed by atoms with van der Waals surface area (Å²) < 4.78 is 39.6. The summed E-state index contributed by atoms with van der Waals surface area (Å²) in [7, 11) is 0. The Kier molecular flexibility index (Phi) is 2.92. The summed E-state index contributed by atoms with van der Waals surface area (Å²) in [4.78, 5) is 0. The lowest BCUT2D eigenvalue weighted by atomic mass is 10.4. The van der Waals surface area contributed by atoms with Crippen LogP contribution >= 0.6 is 0 Å². The van der Waals surface area contributed by atoms with Gasteiger partial charge in [0, 0.05) is 12.6 Å². The number of hydrogen-bond acceptors (Lipinski definition) is 3. The highest BCUT2D eigenvalue weighted by Gasteiger charge is 2.26. The number of rotatable bonds is 3. The molecular formula is C7H9F3N2O. The molecule has 0 amide bonds. The van der Waals surface area contributed by atoms with Crippen molar-refractivity contribution in [3.8, 4) is 0 Å². The number of nitrogens with one attached hydrogen (secondary N) is 1. The first-order valence-electron chi connectivity index (χ1n) is 3.67. The second kappa shape index (κ2) is 3.78. The Hall–Kier alpha value is -1.04. The van der Waals surface area contributed by atoms with Gasteiger partial charge in [-0.2, -0.15) is 13.2 Å². The van der Waals surface area contributed by atoms with Crippen molar-refractivity contribution < 1.29 is 17.7 Å². The van der Waals surface area contributed by atoms with Crippen molar-refractivity contribution in [2.75, 3.05) is 6.54 Å². The number of aromatic nitrogens is 1. The largest absolute Gasteiger partial charge is 0.401 e. The number of aryl methyl sites for hydroxylation is 1. The predicted octanol–water partition coefficient (Wildman–Crippen LogP) is 1.63. The van der Waals surface area contributed by atoms with E-state index in [4.69, 9.17) is 0 Å². The lowest BCUT2D eigenvalue weighted by Gasteiger charge is -2.05. The van der Waals surface area contributed by atoms with Crippen molar-refractivity contribution >= 4 is 0 Å². The zero-order valence-electron chi connectivity index (χ0n) is 6.98. The maximum Gasteiger partial charge on any atom is 0.401 e. The molecule has 1 heterocycles. The summed E-state index contributed by atoms with van der Waals surface area (Å²) in [6, 6.07) is 1.59. The van der Waals surface area contributed by atoms with Crippen LogP contribution in [0.4, 0.5) is 13.2 Å². The van der Waals surface area contributed by atoms with E-state index < -0.39 is 12.7 Å². The normalized spacial score (nSPS) is 12.0. The molecule has 6 heteroatoms. The van der Waals surface area contributed by atoms with Crippen LogP contribution in [0.5, 0.6) is 0 Å². The molecule has 0 aromatic carbocycles. The lowest BCUT2D eigenvalue weighted by molar-refractivity contribution is -0.125. The van der Waals surface area contributed by atoms with E-state index in [0.717, 1.165) is 0 Å². The summed E-state index contributed by atoms with van der Waals surface area (Å²) in [6.07, 6.45) is -4.18. The zero-order valence-corrected chi connectivity index (χ0v) is 6.98. The smallest absolute Gasteiger partial charge is 0.361 e. The summed E-state index contributed by atoms with van der Waals surface area (Å²) in [5.41, 5.74) is 0.474. The summed E-state index contributed by atoms with van der Waals surface area (Å²) >= 11 is 0. The van der Waals surface area contributed by atoms with Crippen molar-refractivity contribution in [1.82, 2.24) is 10.5 Å². The van der Waals surface area contributed by atoms with Crippen molar-refractivity contribution in [2.24, 2.45) is 0 Å². The highest BCUT2D eigenvalue weighted by molar-refractivity contribution is 5.02. The molecule has 0 saturated carbocycles. The second-order valence-corrected chi connectivity index (χ2v) is 2.65. The summed E-state index contributed by atoms with van der Waals surface area (Å²) in [5, 5.41) is 5.74. The minimum absolute atomic E-state index is 0.0663. The van der Waals surface area contributed by atoms with Crippen molar-refractivity contribution in [1.29, 1.82) is 0 Å². The van der Waals surface area contributed by atoms with Crippen LogP contribution in [0.3, 0.4) is 0 Å². The van der Waals surface area contributed by atoms with Crippen molar-refractivity contribution in [2.45, 2.75) is 19.6 Å². The van der Waals surface area contributed by atoms with E-state index in [1.165, 1.54) is 0 Å². The Labute approximate surface area is 72.9 Å². The fraction of sp³-hybridized carbons (Fsp3) is 0.571. The van der Waals surface area contributed by atoms with Gasteiger partial charge in [-0.1, -0.05) is 5.16 Å². The maximum atomic E-state index is 11.7. The molecule has 74 valence electrons. The molecule has 0 radical (unpaired) electrons. The topological polar surface area (TPSA) is 38.1 Å². The molecule has 0 aliphatic rings. The molecule has 1 rings (SSSR count). The molecule has 1 aromatic heterocycles. The Morgan fingerprint density at radius 2 is 2.23 bits per heavy atom. The van der Waals surface area contributed by atoms with Gasteiger partial charge in [-0.25, -0.2) is 0 Å². The van der Waals surface area contributed by atoms with E-state index in [2.05, 4.69) is 15.0 Å². The number of alkyl halides is 3. The van der Waals surface area contributed by atoms with Gasteiger partial charge in [0.2, 0.25) is 0 Å². The van der Waals surface area contributed by atoms with Crippen LogP contribution < -0.4 is 5.32 Å². The molecule has 1 N–H and O–H groups in total. The van der Waals surface area contributed by atoms with Crippen molar-refractivity contribution in [3.63, 3.8) is 0 Å². The number of hydrogen-bond donors (Lipinski definition) is 1. The molecule has 0 aliphatic heterocycles. The molecule has 0 aliphatic carbocycles. The van der Waals surface area contributed by atoms with Crippen LogP contribution in [0.1, 0.15) is 11.5 Å². The monoisotopic (exact) mass is 194 g/mol. The summed E-state index contributed by atoms with van der Waals surface area (Å²) in [5.74, 6) is 0.587. The Balaban J connectivity index is 2.28. The third kappa shape index (κ3) is 3.93. The van der Waals surface area contributed by atoms with E-state index in [0.29, 0.717) is 11.5 Å². The third-order valence-corrected chi connectivity index (χ3v) is 1.31. The zero-order chi connectivity index (χ0) is 9.90. The summed E-state index contributed by atoms with van der Waals surface area (Å²) in [6.45, 7) is 0.732. The average molecular weight is 194 g/mol. The first-order chi connectivity index (χ1) is 5.97. The highest BCUT2D eigenvalue weighted by atomic mass is 19.4. The van der Waals surface area contributed by atoms with Crippen LogP contribution in [-0.2, 0) is 6.54 Å². The van der Waals surface area contributed by atoms with Crippen LogP contribution in [-0.4, -0.2) is 17.9 Å². The van der Waals surface area contributed by atoms with Gasteiger partial charge in [0.1, 0.15) is 5.76 Å².